The van der Waals surface area contributed by atoms with Crippen LogP contribution in [0.3, 0.4) is 0 Å². The van der Waals surface area contributed by atoms with E-state index in [2.05, 4.69) is 4.79 Å². The number of ketones is 1. The molecule has 0 heterocycles. The fourth-order valence-electron chi connectivity index (χ4n) is 0.913. The number of nitrogens with zero attached hydrogens (tertiary/aromatic N) is 2. The summed E-state index contributed by atoms with van der Waals surface area (Å²) >= 11 is 0. The second kappa shape index (κ2) is 7.27. The van der Waals surface area contributed by atoms with Gasteiger partial charge in [0.15, 0.2) is 0 Å². The van der Waals surface area contributed by atoms with E-state index < -0.39 is 30.3 Å². The lowest BCUT2D eigenvalue weighted by Gasteiger charge is -2.11. The first-order valence-electron chi connectivity index (χ1n) is 4.34. The Morgan fingerprint density at radius 3 is 2.50 bits per heavy atom. The number of hydrogen-bond acceptors (Lipinski definition) is 4. The van der Waals surface area contributed by atoms with Crippen molar-refractivity contribution in [3.8, 4) is 0 Å². The van der Waals surface area contributed by atoms with E-state index >= 15 is 0 Å². The predicted octanol–water partition coefficient (Wildman–Crippen LogP) is -1.80. The number of amides is 1. The largest absolute Gasteiger partial charge is 0.480 e. The Balaban J connectivity index is 4.24. The van der Waals surface area contributed by atoms with Crippen molar-refractivity contribution in [1.82, 2.24) is 5.32 Å². The maximum Gasteiger partial charge on any atom is 0.326 e. The van der Waals surface area contributed by atoms with Gasteiger partial charge < -0.3 is 21.1 Å². The fraction of sp³-hybridized carbons (Fsp3) is 0.500. The summed E-state index contributed by atoms with van der Waals surface area (Å²) in [7, 11) is 0. The zero-order valence-electron chi connectivity index (χ0n) is 8.29. The van der Waals surface area contributed by atoms with E-state index in [1.807, 2.05) is 5.32 Å². The molecule has 0 aliphatic heterocycles. The van der Waals surface area contributed by atoms with Crippen molar-refractivity contribution in [2.24, 2.45) is 0 Å². The highest BCUT2D eigenvalue weighted by Gasteiger charge is 2.20. The molecule has 16 heavy (non-hydrogen) atoms. The number of carbonyl (C=O) groups is 3. The number of nitrogens with one attached hydrogen (secondary N) is 1. The molecule has 0 rings (SSSR count). The van der Waals surface area contributed by atoms with Gasteiger partial charge in [-0.05, 0) is 6.42 Å². The number of aliphatic carboxylic acids is 1. The Hall–Kier alpha value is -2.05. The molecule has 0 saturated heterocycles. The molecule has 1 unspecified atom stereocenters. The van der Waals surface area contributed by atoms with E-state index in [1.165, 1.54) is 0 Å². The molecule has 0 aliphatic rings. The van der Waals surface area contributed by atoms with Crippen molar-refractivity contribution >= 4 is 23.9 Å². The number of aliphatic hydroxyl groups is 1. The van der Waals surface area contributed by atoms with Crippen LogP contribution < -0.4 is 5.32 Å². The Morgan fingerprint density at radius 1 is 1.44 bits per heavy atom. The Morgan fingerprint density at radius 2 is 2.06 bits per heavy atom. The monoisotopic (exact) mass is 229 g/mol. The molecule has 0 spiro atoms. The van der Waals surface area contributed by atoms with Gasteiger partial charge in [-0.25, -0.2) is 4.79 Å². The minimum absolute atomic E-state index is 0.147. The average Bonchev–Trinajstić information content (AvgIpc) is 2.23. The third-order valence-electron chi connectivity index (χ3n) is 1.66. The molecule has 0 aliphatic carbocycles. The van der Waals surface area contributed by atoms with Gasteiger partial charge in [-0.3, -0.25) is 9.59 Å². The van der Waals surface area contributed by atoms with Crippen LogP contribution in [-0.2, 0) is 14.4 Å². The summed E-state index contributed by atoms with van der Waals surface area (Å²) in [5.74, 6) is -2.71. The third kappa shape index (κ3) is 5.63. The number of carbonyl (C=O) groups excluding carboxylic acids is 2. The molecule has 0 aromatic rings. The number of carboxylic acid groups (broad SMARTS) is 1. The van der Waals surface area contributed by atoms with Crippen molar-refractivity contribution in [3.63, 3.8) is 0 Å². The van der Waals surface area contributed by atoms with Crippen molar-refractivity contribution in [2.75, 3.05) is 6.61 Å². The molecule has 1 atom stereocenters. The van der Waals surface area contributed by atoms with Crippen LogP contribution in [0.15, 0.2) is 0 Å². The van der Waals surface area contributed by atoms with Crippen molar-refractivity contribution in [1.29, 1.82) is 0 Å². The number of hydrogen-bond donors (Lipinski definition) is 3. The number of carboxylic acids is 1. The molecule has 88 valence electrons. The summed E-state index contributed by atoms with van der Waals surface area (Å²) in [6.45, 7) is -0.824. The van der Waals surface area contributed by atoms with Crippen LogP contribution in [0.5, 0.6) is 0 Å². The molecular weight excluding hydrogens is 218 g/mol. The molecule has 0 saturated carbocycles. The van der Waals surface area contributed by atoms with Crippen molar-refractivity contribution in [2.45, 2.75) is 18.9 Å². The fourth-order valence-corrected chi connectivity index (χ4v) is 0.913. The van der Waals surface area contributed by atoms with Crippen LogP contribution in [0.4, 0.5) is 0 Å². The number of aliphatic hydroxyl groups excluding tert-OH is 1. The molecule has 0 bridgehead atoms. The van der Waals surface area contributed by atoms with Gasteiger partial charge in [0.2, 0.25) is 11.7 Å². The van der Waals surface area contributed by atoms with Gasteiger partial charge in [-0.2, -0.15) is 4.79 Å². The molecule has 1 amide bonds. The van der Waals surface area contributed by atoms with E-state index in [1.54, 1.807) is 0 Å². The maximum atomic E-state index is 10.9. The van der Waals surface area contributed by atoms with Crippen LogP contribution >= 0.6 is 0 Å². The number of rotatable bonds is 7. The molecule has 0 aromatic carbocycles. The zero-order valence-corrected chi connectivity index (χ0v) is 8.29. The summed E-state index contributed by atoms with van der Waals surface area (Å²) in [5, 5.41) is 19.1. The van der Waals surface area contributed by atoms with E-state index in [4.69, 9.17) is 15.7 Å². The van der Waals surface area contributed by atoms with Crippen LogP contribution in [0.2, 0.25) is 0 Å². The lowest BCUT2D eigenvalue weighted by molar-refractivity contribution is -0.142. The Labute approximate surface area is 90.5 Å². The predicted molar refractivity (Wildman–Crippen MR) is 50.6 cm³/mol. The van der Waals surface area contributed by atoms with Gasteiger partial charge in [0.1, 0.15) is 12.6 Å². The molecule has 0 radical (unpaired) electrons. The normalized spacial score (nSPS) is 11.1. The molecule has 3 N–H and O–H groups in total. The van der Waals surface area contributed by atoms with Gasteiger partial charge >= 0.3 is 12.2 Å². The quantitative estimate of drug-likeness (QED) is 0.268. The summed E-state index contributed by atoms with van der Waals surface area (Å²) in [6.07, 6.45) is 0.311. The minimum Gasteiger partial charge on any atom is -0.480 e. The van der Waals surface area contributed by atoms with Crippen LogP contribution in [0, 0.1) is 0 Å². The van der Waals surface area contributed by atoms with Crippen molar-refractivity contribution in [3.05, 3.63) is 5.53 Å². The molecule has 0 aromatic heterocycles. The first-order chi connectivity index (χ1) is 7.51. The zero-order chi connectivity index (χ0) is 12.6. The van der Waals surface area contributed by atoms with Gasteiger partial charge in [0, 0.05) is 6.42 Å². The smallest absolute Gasteiger partial charge is 0.326 e. The number of Topliss-reactive ketones (excluding diaryl/α,β-unsaturated/α-hetero) is 1. The van der Waals surface area contributed by atoms with Crippen LogP contribution in [-0.4, -0.2) is 51.5 Å². The standard InChI is InChI=1S/C8H11N3O5/c9-10-3-5(13)1-2-6(8(15)16)11-7(14)4-12/h3,6,12H,1-2,4H2,(H,11,14)(H,15,16). The highest BCUT2D eigenvalue weighted by atomic mass is 16.4. The van der Waals surface area contributed by atoms with Crippen molar-refractivity contribution < 1.29 is 29.4 Å². The maximum absolute atomic E-state index is 10.9. The average molecular weight is 229 g/mol. The molecule has 0 fully saturated rings. The summed E-state index contributed by atoms with van der Waals surface area (Å²) < 4.78 is 0. The first kappa shape index (κ1) is 13.9. The van der Waals surface area contributed by atoms with Gasteiger partial charge in [0.05, 0.1) is 0 Å². The topological polar surface area (TPSA) is 140 Å². The van der Waals surface area contributed by atoms with Crippen LogP contribution in [0.25, 0.3) is 5.53 Å². The highest BCUT2D eigenvalue weighted by molar-refractivity contribution is 6.25. The summed E-state index contributed by atoms with van der Waals surface area (Å²) in [5.41, 5.74) is 8.02. The van der Waals surface area contributed by atoms with E-state index in [-0.39, 0.29) is 12.8 Å². The summed E-state index contributed by atoms with van der Waals surface area (Å²) in [6, 6.07) is -1.25. The van der Waals surface area contributed by atoms with Gasteiger partial charge in [-0.15, -0.1) is 0 Å². The van der Waals surface area contributed by atoms with E-state index in [0.29, 0.717) is 6.21 Å². The highest BCUT2D eigenvalue weighted by Crippen LogP contribution is 1.98. The van der Waals surface area contributed by atoms with Gasteiger partial charge in [-0.1, -0.05) is 0 Å². The Bertz CT molecular complexity index is 335. The van der Waals surface area contributed by atoms with Gasteiger partial charge in [0.25, 0.3) is 0 Å². The molecule has 8 heteroatoms. The van der Waals surface area contributed by atoms with E-state index in [9.17, 15) is 14.4 Å². The lowest BCUT2D eigenvalue weighted by Crippen LogP contribution is -2.42. The Kier molecular flexibility index (Phi) is 6.34. The summed E-state index contributed by atoms with van der Waals surface area (Å²) in [4.78, 5) is 34.7. The second-order valence-corrected chi connectivity index (χ2v) is 2.87. The van der Waals surface area contributed by atoms with E-state index in [0.717, 1.165) is 0 Å². The molecule has 8 nitrogen and oxygen atoms in total. The lowest BCUT2D eigenvalue weighted by atomic mass is 10.1. The first-order valence-corrected chi connectivity index (χ1v) is 4.34. The van der Waals surface area contributed by atoms with Crippen LogP contribution in [0.1, 0.15) is 12.8 Å². The second-order valence-electron chi connectivity index (χ2n) is 2.87. The minimum atomic E-state index is -1.31. The third-order valence-corrected chi connectivity index (χ3v) is 1.66. The molecular formula is C8H11N3O5. The SMILES string of the molecule is [N-]=[N+]=CC(=O)CCC(NC(=O)CO)C(=O)O.